The van der Waals surface area contributed by atoms with Gasteiger partial charge in [0.25, 0.3) is 0 Å². The maximum Gasteiger partial charge on any atom is 0.407 e. The van der Waals surface area contributed by atoms with Crippen LogP contribution in [0.1, 0.15) is 50.3 Å². The molecule has 3 N–H and O–H groups in total. The van der Waals surface area contributed by atoms with Crippen LogP contribution < -0.4 is 10.6 Å². The van der Waals surface area contributed by atoms with Crippen molar-refractivity contribution in [2.75, 3.05) is 11.1 Å². The molecule has 10 heteroatoms. The number of rotatable bonds is 5. The van der Waals surface area contributed by atoms with Gasteiger partial charge in [-0.25, -0.2) is 17.6 Å². The zero-order valence-electron chi connectivity index (χ0n) is 16.9. The molecule has 0 radical (unpaired) electrons. The average molecular weight is 437 g/mol. The molecule has 1 aliphatic heterocycles. The summed E-state index contributed by atoms with van der Waals surface area (Å²) in [5.41, 5.74) is 1.92. The van der Waals surface area contributed by atoms with Crippen LogP contribution in [0.25, 0.3) is 0 Å². The van der Waals surface area contributed by atoms with Gasteiger partial charge in [0.1, 0.15) is 16.8 Å². The first-order valence-electron chi connectivity index (χ1n) is 10.1. The number of alkyl carbamates (subject to hydrolysis) is 1. The van der Waals surface area contributed by atoms with E-state index in [0.29, 0.717) is 23.5 Å². The second-order valence-electron chi connectivity index (χ2n) is 8.14. The number of anilines is 2. The molecule has 162 valence electrons. The highest BCUT2D eigenvalue weighted by Gasteiger charge is 2.33. The van der Waals surface area contributed by atoms with Crippen molar-refractivity contribution >= 4 is 27.4 Å². The van der Waals surface area contributed by atoms with Gasteiger partial charge < -0.3 is 15.4 Å². The third-order valence-electron chi connectivity index (χ3n) is 5.51. The summed E-state index contributed by atoms with van der Waals surface area (Å²) in [6, 6.07) is 4.59. The van der Waals surface area contributed by atoms with Gasteiger partial charge in [-0.15, -0.1) is 0 Å². The first-order valence-corrected chi connectivity index (χ1v) is 11.7. The monoisotopic (exact) mass is 436 g/mol. The number of nitrogens with one attached hydrogen (secondary N) is 3. The highest BCUT2D eigenvalue weighted by molar-refractivity contribution is 7.91. The Balaban J connectivity index is 1.43. The second-order valence-corrected chi connectivity index (χ2v) is 10.2. The molecule has 8 nitrogen and oxygen atoms in total. The van der Waals surface area contributed by atoms with Crippen LogP contribution in [-0.4, -0.2) is 42.6 Å². The zero-order valence-corrected chi connectivity index (χ0v) is 17.7. The molecule has 2 atom stereocenters. The molecule has 30 heavy (non-hydrogen) atoms. The van der Waals surface area contributed by atoms with E-state index in [1.807, 2.05) is 19.9 Å². The maximum atomic E-state index is 14.0. The Morgan fingerprint density at radius 3 is 2.90 bits per heavy atom. The molecule has 1 saturated carbocycles. The predicted octanol–water partition coefficient (Wildman–Crippen LogP) is 3.39. The standard InChI is InChI=1S/C20H25FN4O4S/c1-11(2)22-20(26)29-13-4-3-12(9-13)17-10-18(25-24-17)23-16-6-5-15(21)19-14(16)7-8-30(19,27)28/h5-6,10-13H,3-4,7-9H2,1-2H3,(H,22,26)(H2,23,24,25)/t12-,13+/m0/s1. The van der Waals surface area contributed by atoms with Gasteiger partial charge in [-0.1, -0.05) is 0 Å². The summed E-state index contributed by atoms with van der Waals surface area (Å²) in [4.78, 5) is 11.6. The fourth-order valence-electron chi connectivity index (χ4n) is 4.14. The molecule has 0 spiro atoms. The number of halogens is 1. The number of hydrogen-bond acceptors (Lipinski definition) is 6. The van der Waals surface area contributed by atoms with Crippen LogP contribution in [0.2, 0.25) is 0 Å². The first kappa shape index (κ1) is 20.6. The minimum absolute atomic E-state index is 0.0267. The number of nitrogens with zero attached hydrogens (tertiary/aromatic N) is 1. The van der Waals surface area contributed by atoms with Gasteiger partial charge in [0.2, 0.25) is 0 Å². The SMILES string of the molecule is CC(C)NC(=O)O[C@@H]1CC[C@H](c2cc(Nc3ccc(F)c4c3CCS4(=O)=O)n[nH]2)C1. The van der Waals surface area contributed by atoms with Crippen LogP contribution in [0, 0.1) is 5.82 Å². The van der Waals surface area contributed by atoms with Crippen LogP contribution in [0.3, 0.4) is 0 Å². The van der Waals surface area contributed by atoms with E-state index in [-0.39, 0.29) is 35.1 Å². The summed E-state index contributed by atoms with van der Waals surface area (Å²) in [5, 5.41) is 13.1. The van der Waals surface area contributed by atoms with Crippen molar-refractivity contribution in [2.45, 2.75) is 62.5 Å². The Labute approximate surface area is 174 Å². The summed E-state index contributed by atoms with van der Waals surface area (Å²) in [7, 11) is -3.57. The van der Waals surface area contributed by atoms with Crippen LogP contribution in [0.5, 0.6) is 0 Å². The van der Waals surface area contributed by atoms with Crippen molar-refractivity contribution in [2.24, 2.45) is 0 Å². The Hall–Kier alpha value is -2.62. The van der Waals surface area contributed by atoms with Gasteiger partial charge in [-0.3, -0.25) is 5.10 Å². The highest BCUT2D eigenvalue weighted by Crippen LogP contribution is 2.38. The van der Waals surface area contributed by atoms with Crippen LogP contribution >= 0.6 is 0 Å². The van der Waals surface area contributed by atoms with Gasteiger partial charge in [0.05, 0.1) is 5.75 Å². The lowest BCUT2D eigenvalue weighted by molar-refractivity contribution is 0.0981. The molecule has 1 aromatic heterocycles. The summed E-state index contributed by atoms with van der Waals surface area (Å²) in [6.07, 6.45) is 2.08. The van der Waals surface area contributed by atoms with Crippen molar-refractivity contribution in [3.63, 3.8) is 0 Å². The van der Waals surface area contributed by atoms with E-state index >= 15 is 0 Å². The number of aromatic nitrogens is 2. The quantitative estimate of drug-likeness (QED) is 0.662. The molecule has 1 fully saturated rings. The van der Waals surface area contributed by atoms with Gasteiger partial charge >= 0.3 is 6.09 Å². The lowest BCUT2D eigenvalue weighted by Gasteiger charge is -2.14. The molecule has 1 amide bonds. The average Bonchev–Trinajstić information content (AvgIpc) is 3.36. The number of fused-ring (bicyclic) bond motifs is 1. The molecule has 2 aromatic rings. The fourth-order valence-corrected chi connectivity index (χ4v) is 5.77. The third kappa shape index (κ3) is 4.14. The Kier molecular flexibility index (Phi) is 5.44. The Morgan fingerprint density at radius 1 is 1.33 bits per heavy atom. The number of carbonyl (C=O) groups excluding carboxylic acids is 1. The molecule has 0 saturated heterocycles. The molecule has 1 aliphatic carbocycles. The minimum atomic E-state index is -3.57. The van der Waals surface area contributed by atoms with Gasteiger partial charge in [-0.2, -0.15) is 5.10 Å². The Morgan fingerprint density at radius 2 is 2.13 bits per heavy atom. The van der Waals surface area contributed by atoms with E-state index in [4.69, 9.17) is 4.74 Å². The zero-order chi connectivity index (χ0) is 21.5. The van der Waals surface area contributed by atoms with E-state index in [0.717, 1.165) is 18.5 Å². The normalized spacial score (nSPS) is 22.1. The number of benzene rings is 1. The van der Waals surface area contributed by atoms with Crippen molar-refractivity contribution in [1.29, 1.82) is 0 Å². The second kappa shape index (κ2) is 7.90. The molecular formula is C20H25FN4O4S. The van der Waals surface area contributed by atoms with Crippen LogP contribution in [-0.2, 0) is 21.0 Å². The molecule has 4 rings (SSSR count). The van der Waals surface area contributed by atoms with Crippen molar-refractivity contribution in [3.8, 4) is 0 Å². The predicted molar refractivity (Wildman–Crippen MR) is 109 cm³/mol. The van der Waals surface area contributed by atoms with Crippen molar-refractivity contribution < 1.29 is 22.3 Å². The van der Waals surface area contributed by atoms with Crippen LogP contribution in [0.15, 0.2) is 23.1 Å². The van der Waals surface area contributed by atoms with Gasteiger partial charge in [-0.05, 0) is 57.2 Å². The molecule has 2 aliphatic rings. The fraction of sp³-hybridized carbons (Fsp3) is 0.500. The first-order chi connectivity index (χ1) is 14.2. The summed E-state index contributed by atoms with van der Waals surface area (Å²) >= 11 is 0. The molecular weight excluding hydrogens is 411 g/mol. The largest absolute Gasteiger partial charge is 0.446 e. The number of carbonyl (C=O) groups is 1. The number of H-pyrrole nitrogens is 1. The van der Waals surface area contributed by atoms with Crippen molar-refractivity contribution in [1.82, 2.24) is 15.5 Å². The lowest BCUT2D eigenvalue weighted by atomic mass is 10.0. The third-order valence-corrected chi connectivity index (χ3v) is 7.31. The van der Waals surface area contributed by atoms with E-state index in [9.17, 15) is 17.6 Å². The smallest absolute Gasteiger partial charge is 0.407 e. The number of ether oxygens (including phenoxy) is 1. The van der Waals surface area contributed by atoms with E-state index in [1.165, 1.54) is 12.1 Å². The number of aromatic amines is 1. The topological polar surface area (TPSA) is 113 Å². The summed E-state index contributed by atoms with van der Waals surface area (Å²) in [6.45, 7) is 3.76. The number of amides is 1. The number of sulfone groups is 1. The molecule has 2 heterocycles. The highest BCUT2D eigenvalue weighted by atomic mass is 32.2. The van der Waals surface area contributed by atoms with E-state index in [2.05, 4.69) is 20.8 Å². The van der Waals surface area contributed by atoms with Crippen LogP contribution in [0.4, 0.5) is 20.7 Å². The minimum Gasteiger partial charge on any atom is -0.446 e. The van der Waals surface area contributed by atoms with E-state index < -0.39 is 21.7 Å². The van der Waals surface area contributed by atoms with Crippen molar-refractivity contribution in [3.05, 3.63) is 35.3 Å². The molecule has 0 unspecified atom stereocenters. The molecule has 0 bridgehead atoms. The maximum absolute atomic E-state index is 14.0. The summed E-state index contributed by atoms with van der Waals surface area (Å²) in [5.74, 6) is -0.0825. The van der Waals surface area contributed by atoms with E-state index in [1.54, 1.807) is 0 Å². The lowest BCUT2D eigenvalue weighted by Crippen LogP contribution is -2.33. The van der Waals surface area contributed by atoms with Gasteiger partial charge in [0.15, 0.2) is 15.7 Å². The summed E-state index contributed by atoms with van der Waals surface area (Å²) < 4.78 is 43.7. The Bertz CT molecular complexity index is 1070. The number of hydrogen-bond donors (Lipinski definition) is 3. The molecule has 1 aromatic carbocycles. The van der Waals surface area contributed by atoms with Gasteiger partial charge in [0, 0.05) is 29.4 Å².